The van der Waals surface area contributed by atoms with Gasteiger partial charge in [0.25, 0.3) is 0 Å². The maximum atomic E-state index is 5.67. The van der Waals surface area contributed by atoms with Crippen molar-refractivity contribution in [3.05, 3.63) is 12.8 Å². The van der Waals surface area contributed by atoms with Crippen molar-refractivity contribution in [1.29, 1.82) is 0 Å². The molecule has 2 nitrogen and oxygen atoms in total. The molecule has 0 aromatic carbocycles. The molecule has 0 rings (SSSR count). The minimum Gasteiger partial charge on any atom is -0.313 e. The highest BCUT2D eigenvalue weighted by Crippen LogP contribution is 2.20. The fourth-order valence-corrected chi connectivity index (χ4v) is 0.533. The van der Waals surface area contributed by atoms with Crippen LogP contribution in [0.1, 0.15) is 27.7 Å². The van der Waals surface area contributed by atoms with E-state index in [9.17, 15) is 0 Å². The van der Waals surface area contributed by atoms with E-state index in [4.69, 9.17) is 5.84 Å². The molecule has 0 aromatic heterocycles. The topological polar surface area (TPSA) is 29.3 Å². The minimum absolute atomic E-state index is 0.00174. The highest BCUT2D eigenvalue weighted by Gasteiger charge is 2.25. The van der Waals surface area contributed by atoms with Crippen LogP contribution in [0.15, 0.2) is 12.8 Å². The molecule has 10 heavy (non-hydrogen) atoms. The van der Waals surface area contributed by atoms with Gasteiger partial charge in [-0.2, -0.15) is 0 Å². The van der Waals surface area contributed by atoms with E-state index in [1.807, 2.05) is 0 Å². The molecule has 60 valence electrons. The van der Waals surface area contributed by atoms with Crippen molar-refractivity contribution in [1.82, 2.24) is 5.01 Å². The maximum Gasteiger partial charge on any atom is 0.0520 e. The van der Waals surface area contributed by atoms with Crippen molar-refractivity contribution in [2.75, 3.05) is 0 Å². The molecule has 0 aliphatic heterocycles. The maximum absolute atomic E-state index is 5.67. The number of rotatable bonds is 3. The van der Waals surface area contributed by atoms with Gasteiger partial charge < -0.3 is 5.01 Å². The van der Waals surface area contributed by atoms with E-state index in [0.717, 1.165) is 0 Å². The smallest absolute Gasteiger partial charge is 0.0520 e. The van der Waals surface area contributed by atoms with Gasteiger partial charge in [0.1, 0.15) is 0 Å². The monoisotopic (exact) mass is 142 g/mol. The van der Waals surface area contributed by atoms with Gasteiger partial charge in [-0.1, -0.05) is 20.4 Å². The molecule has 0 aliphatic carbocycles. The van der Waals surface area contributed by atoms with Gasteiger partial charge >= 0.3 is 0 Å². The molecular formula is C8H18N2. The highest BCUT2D eigenvalue weighted by molar-refractivity contribution is 4.86. The molecule has 0 spiro atoms. The molecule has 0 amide bonds. The molecule has 0 fully saturated rings. The van der Waals surface area contributed by atoms with Crippen molar-refractivity contribution in [2.45, 2.75) is 33.2 Å². The molecule has 0 aromatic rings. The SMILES string of the molecule is C=CN(N)C(C)(C)C(C)C. The van der Waals surface area contributed by atoms with Crippen LogP contribution in [0.3, 0.4) is 0 Å². The van der Waals surface area contributed by atoms with E-state index in [2.05, 4.69) is 34.3 Å². The Labute approximate surface area is 63.7 Å². The lowest BCUT2D eigenvalue weighted by molar-refractivity contribution is 0.131. The van der Waals surface area contributed by atoms with E-state index < -0.39 is 0 Å². The lowest BCUT2D eigenvalue weighted by atomic mass is 9.90. The van der Waals surface area contributed by atoms with Gasteiger partial charge in [0.05, 0.1) is 5.54 Å². The second-order valence-corrected chi connectivity index (χ2v) is 3.40. The summed E-state index contributed by atoms with van der Waals surface area (Å²) in [6.45, 7) is 12.1. The number of hydrazine groups is 1. The first-order chi connectivity index (χ1) is 4.42. The van der Waals surface area contributed by atoms with Gasteiger partial charge in [0.2, 0.25) is 0 Å². The van der Waals surface area contributed by atoms with Gasteiger partial charge in [0, 0.05) is 6.20 Å². The molecular weight excluding hydrogens is 124 g/mol. The quantitative estimate of drug-likeness (QED) is 0.480. The van der Waals surface area contributed by atoms with Gasteiger partial charge in [0.15, 0.2) is 0 Å². The first-order valence-corrected chi connectivity index (χ1v) is 3.59. The Kier molecular flexibility index (Phi) is 2.91. The van der Waals surface area contributed by atoms with Crippen molar-refractivity contribution in [2.24, 2.45) is 11.8 Å². The molecule has 0 saturated heterocycles. The van der Waals surface area contributed by atoms with Crippen molar-refractivity contribution in [3.63, 3.8) is 0 Å². The average Bonchev–Trinajstić information content (AvgIpc) is 1.86. The summed E-state index contributed by atoms with van der Waals surface area (Å²) in [6.07, 6.45) is 1.65. The van der Waals surface area contributed by atoms with E-state index in [1.165, 1.54) is 0 Å². The van der Waals surface area contributed by atoms with Crippen LogP contribution in [0.4, 0.5) is 0 Å². The van der Waals surface area contributed by atoms with Crippen LogP contribution < -0.4 is 5.84 Å². The third kappa shape index (κ3) is 1.74. The summed E-state index contributed by atoms with van der Waals surface area (Å²) in [5.74, 6) is 6.19. The van der Waals surface area contributed by atoms with Crippen LogP contribution in [0.25, 0.3) is 0 Å². The average molecular weight is 142 g/mol. The van der Waals surface area contributed by atoms with Gasteiger partial charge in [-0.15, -0.1) is 0 Å². The van der Waals surface area contributed by atoms with Gasteiger partial charge in [-0.3, -0.25) is 0 Å². The molecule has 2 heteroatoms. The number of nitrogens with two attached hydrogens (primary N) is 1. The molecule has 0 atom stereocenters. The summed E-state index contributed by atoms with van der Waals surface area (Å²) in [6, 6.07) is 0. The Morgan fingerprint density at radius 1 is 1.50 bits per heavy atom. The summed E-state index contributed by atoms with van der Waals surface area (Å²) >= 11 is 0. The van der Waals surface area contributed by atoms with Crippen molar-refractivity contribution >= 4 is 0 Å². The standard InChI is InChI=1S/C8H18N2/c1-6-10(9)8(4,5)7(2)3/h6-7H,1,9H2,2-5H3. The Hall–Kier alpha value is -0.500. The van der Waals surface area contributed by atoms with E-state index >= 15 is 0 Å². The molecule has 0 unspecified atom stereocenters. The summed E-state index contributed by atoms with van der Waals surface area (Å²) in [5.41, 5.74) is 0.00174. The Morgan fingerprint density at radius 2 is 1.90 bits per heavy atom. The van der Waals surface area contributed by atoms with E-state index in [0.29, 0.717) is 5.92 Å². The van der Waals surface area contributed by atoms with Crippen LogP contribution in [-0.2, 0) is 0 Å². The zero-order valence-corrected chi connectivity index (χ0v) is 7.39. The van der Waals surface area contributed by atoms with Gasteiger partial charge in [-0.05, 0) is 19.8 Å². The Morgan fingerprint density at radius 3 is 2.00 bits per heavy atom. The first-order valence-electron chi connectivity index (χ1n) is 3.59. The number of hydrogen-bond acceptors (Lipinski definition) is 2. The lowest BCUT2D eigenvalue weighted by Crippen LogP contribution is -2.48. The van der Waals surface area contributed by atoms with Crippen molar-refractivity contribution in [3.8, 4) is 0 Å². The molecule has 0 aliphatic rings. The second kappa shape index (κ2) is 3.06. The first kappa shape index (κ1) is 9.50. The van der Waals surface area contributed by atoms with Crippen LogP contribution in [0.2, 0.25) is 0 Å². The van der Waals surface area contributed by atoms with E-state index in [-0.39, 0.29) is 5.54 Å². The third-order valence-electron chi connectivity index (χ3n) is 2.28. The molecule has 0 bridgehead atoms. The largest absolute Gasteiger partial charge is 0.313 e. The molecule has 2 N–H and O–H groups in total. The second-order valence-electron chi connectivity index (χ2n) is 3.40. The molecule has 0 saturated carbocycles. The Bertz CT molecular complexity index is 116. The van der Waals surface area contributed by atoms with Crippen molar-refractivity contribution < 1.29 is 0 Å². The van der Waals surface area contributed by atoms with Crippen LogP contribution in [0.5, 0.6) is 0 Å². The minimum atomic E-state index is 0.00174. The zero-order chi connectivity index (χ0) is 8.36. The number of hydrogen-bond donors (Lipinski definition) is 1. The summed E-state index contributed by atoms with van der Waals surface area (Å²) in [4.78, 5) is 0. The third-order valence-corrected chi connectivity index (χ3v) is 2.28. The lowest BCUT2D eigenvalue weighted by Gasteiger charge is -2.37. The van der Waals surface area contributed by atoms with Crippen LogP contribution in [0, 0.1) is 5.92 Å². The fourth-order valence-electron chi connectivity index (χ4n) is 0.533. The Balaban J connectivity index is 4.22. The summed E-state index contributed by atoms with van der Waals surface area (Å²) in [5, 5.41) is 1.65. The van der Waals surface area contributed by atoms with Crippen LogP contribution in [-0.4, -0.2) is 10.5 Å². The fraction of sp³-hybridized carbons (Fsp3) is 0.750. The van der Waals surface area contributed by atoms with Gasteiger partial charge in [-0.25, -0.2) is 5.84 Å². The highest BCUT2D eigenvalue weighted by atomic mass is 15.4. The predicted octanol–water partition coefficient (Wildman–Crippen LogP) is 1.74. The van der Waals surface area contributed by atoms with Crippen LogP contribution >= 0.6 is 0 Å². The summed E-state index contributed by atoms with van der Waals surface area (Å²) in [7, 11) is 0. The summed E-state index contributed by atoms with van der Waals surface area (Å²) < 4.78 is 0. The zero-order valence-electron chi connectivity index (χ0n) is 7.39. The molecule has 0 radical (unpaired) electrons. The normalized spacial score (nSPS) is 11.8. The predicted molar refractivity (Wildman–Crippen MR) is 45.1 cm³/mol. The van der Waals surface area contributed by atoms with E-state index in [1.54, 1.807) is 11.2 Å². The number of nitrogens with zero attached hydrogens (tertiary/aromatic N) is 1. The molecule has 0 heterocycles.